The van der Waals surface area contributed by atoms with E-state index in [9.17, 15) is 22.9 Å². The van der Waals surface area contributed by atoms with E-state index in [0.29, 0.717) is 0 Å². The molecule has 0 atom stereocenters. The van der Waals surface area contributed by atoms with Gasteiger partial charge in [-0.05, 0) is 18.2 Å². The minimum absolute atomic E-state index is 0.143. The summed E-state index contributed by atoms with van der Waals surface area (Å²) in [5.74, 6) is -1.47. The van der Waals surface area contributed by atoms with E-state index in [1.807, 2.05) is 0 Å². The van der Waals surface area contributed by atoms with E-state index in [2.05, 4.69) is 0 Å². The molecule has 0 aromatic heterocycles. The van der Waals surface area contributed by atoms with Crippen LogP contribution in [0.25, 0.3) is 0 Å². The van der Waals surface area contributed by atoms with Crippen LogP contribution in [0.2, 0.25) is 0 Å². The summed E-state index contributed by atoms with van der Waals surface area (Å²) in [5, 5.41) is 10.8. The average Bonchev–Trinajstić information content (AvgIpc) is 2.47. The number of nitro benzene ring substituents is 1. The number of para-hydroxylation sites is 1. The van der Waals surface area contributed by atoms with Gasteiger partial charge in [-0.2, -0.15) is 8.42 Å². The number of hydrogen-bond donors (Lipinski definition) is 0. The molecule has 0 saturated carbocycles. The van der Waals surface area contributed by atoms with Gasteiger partial charge >= 0.3 is 15.8 Å². The standard InChI is InChI=1S/C14H12FNO6S/c15-11-6-7-13(16(17)18)14(10-11)21-8-9-23(19,20)22-12-4-2-1-3-5-12/h1-7,10H,8-9H2. The second-order valence-corrected chi connectivity index (χ2v) is 6.07. The van der Waals surface area contributed by atoms with Crippen LogP contribution in [0.4, 0.5) is 10.1 Å². The van der Waals surface area contributed by atoms with Gasteiger partial charge < -0.3 is 8.92 Å². The Labute approximate surface area is 131 Å². The van der Waals surface area contributed by atoms with Crippen LogP contribution in [-0.2, 0) is 10.1 Å². The van der Waals surface area contributed by atoms with Gasteiger partial charge in [0, 0.05) is 12.1 Å². The molecule has 0 bridgehead atoms. The maximum atomic E-state index is 13.1. The Kier molecular flexibility index (Phi) is 5.12. The highest BCUT2D eigenvalue weighted by atomic mass is 32.2. The minimum Gasteiger partial charge on any atom is -0.486 e. The molecule has 0 N–H and O–H groups in total. The second kappa shape index (κ2) is 7.05. The highest BCUT2D eigenvalue weighted by Gasteiger charge is 2.18. The van der Waals surface area contributed by atoms with Gasteiger partial charge in [0.25, 0.3) is 0 Å². The number of nitrogens with zero attached hydrogens (tertiary/aromatic N) is 1. The van der Waals surface area contributed by atoms with E-state index >= 15 is 0 Å². The Morgan fingerprint density at radius 2 is 1.83 bits per heavy atom. The number of nitro groups is 1. The van der Waals surface area contributed by atoms with E-state index in [0.717, 1.165) is 18.2 Å². The third-order valence-corrected chi connectivity index (χ3v) is 3.79. The summed E-state index contributed by atoms with van der Waals surface area (Å²) in [6.07, 6.45) is 0. The van der Waals surface area contributed by atoms with Crippen molar-refractivity contribution in [2.75, 3.05) is 12.4 Å². The highest BCUT2D eigenvalue weighted by molar-refractivity contribution is 7.87. The van der Waals surface area contributed by atoms with Crippen LogP contribution < -0.4 is 8.92 Å². The minimum atomic E-state index is -3.94. The third kappa shape index (κ3) is 4.92. The molecule has 7 nitrogen and oxygen atoms in total. The van der Waals surface area contributed by atoms with Crippen LogP contribution in [-0.4, -0.2) is 25.7 Å². The Morgan fingerprint density at radius 1 is 1.13 bits per heavy atom. The first-order valence-electron chi connectivity index (χ1n) is 6.41. The van der Waals surface area contributed by atoms with E-state index < -0.39 is 38.9 Å². The molecule has 0 unspecified atom stereocenters. The maximum absolute atomic E-state index is 13.1. The molecule has 2 rings (SSSR count). The first kappa shape index (κ1) is 16.7. The number of halogens is 1. The Hall–Kier alpha value is -2.68. The summed E-state index contributed by atoms with van der Waals surface area (Å²) in [4.78, 5) is 10.0. The van der Waals surface area contributed by atoms with Crippen molar-refractivity contribution in [1.29, 1.82) is 0 Å². The molecule has 2 aromatic rings. The van der Waals surface area contributed by atoms with Crippen LogP contribution in [0.1, 0.15) is 0 Å². The zero-order valence-electron chi connectivity index (χ0n) is 11.7. The summed E-state index contributed by atoms with van der Waals surface area (Å²) in [7, 11) is -3.94. The molecule has 23 heavy (non-hydrogen) atoms. The summed E-state index contributed by atoms with van der Waals surface area (Å²) in [5.41, 5.74) is -0.451. The molecular formula is C14H12FNO6S. The van der Waals surface area contributed by atoms with Crippen molar-refractivity contribution in [3.63, 3.8) is 0 Å². The Bertz CT molecular complexity index is 794. The molecule has 9 heteroatoms. The lowest BCUT2D eigenvalue weighted by atomic mass is 10.3. The van der Waals surface area contributed by atoms with Crippen LogP contribution in [0.3, 0.4) is 0 Å². The number of ether oxygens (including phenoxy) is 1. The number of hydrogen-bond acceptors (Lipinski definition) is 6. The van der Waals surface area contributed by atoms with E-state index in [1.54, 1.807) is 18.2 Å². The third-order valence-electron chi connectivity index (χ3n) is 2.68. The zero-order chi connectivity index (χ0) is 16.9. The Balaban J connectivity index is 1.99. The SMILES string of the molecule is O=[N+]([O-])c1ccc(F)cc1OCCS(=O)(=O)Oc1ccccc1. The summed E-state index contributed by atoms with van der Waals surface area (Å²) < 4.78 is 46.5. The topological polar surface area (TPSA) is 95.7 Å². The Morgan fingerprint density at radius 3 is 2.48 bits per heavy atom. The lowest BCUT2D eigenvalue weighted by Gasteiger charge is -2.08. The molecule has 0 aliphatic carbocycles. The van der Waals surface area contributed by atoms with Gasteiger partial charge in [0.15, 0.2) is 5.75 Å². The fraction of sp³-hybridized carbons (Fsp3) is 0.143. The monoisotopic (exact) mass is 341 g/mol. The molecule has 0 radical (unpaired) electrons. The van der Waals surface area contributed by atoms with Gasteiger partial charge in [0.2, 0.25) is 0 Å². The van der Waals surface area contributed by atoms with Crippen LogP contribution in [0, 0.1) is 15.9 Å². The number of benzene rings is 2. The zero-order valence-corrected chi connectivity index (χ0v) is 12.5. The van der Waals surface area contributed by atoms with Crippen molar-refractivity contribution < 1.29 is 26.7 Å². The van der Waals surface area contributed by atoms with Crippen molar-refractivity contribution in [3.8, 4) is 11.5 Å². The normalized spacial score (nSPS) is 11.0. The van der Waals surface area contributed by atoms with Crippen molar-refractivity contribution in [2.24, 2.45) is 0 Å². The maximum Gasteiger partial charge on any atom is 0.312 e. The fourth-order valence-corrected chi connectivity index (χ4v) is 2.45. The molecule has 2 aromatic carbocycles. The molecule has 0 aliphatic rings. The fourth-order valence-electron chi connectivity index (χ4n) is 1.67. The molecule has 0 spiro atoms. The summed E-state index contributed by atoms with van der Waals surface area (Å²) >= 11 is 0. The van der Waals surface area contributed by atoms with Gasteiger partial charge in [0.1, 0.15) is 23.9 Å². The van der Waals surface area contributed by atoms with Crippen molar-refractivity contribution in [2.45, 2.75) is 0 Å². The van der Waals surface area contributed by atoms with Crippen molar-refractivity contribution >= 4 is 15.8 Å². The van der Waals surface area contributed by atoms with Crippen LogP contribution in [0.15, 0.2) is 48.5 Å². The van der Waals surface area contributed by atoms with E-state index in [-0.39, 0.29) is 11.5 Å². The quantitative estimate of drug-likeness (QED) is 0.436. The molecular weight excluding hydrogens is 329 g/mol. The first-order chi connectivity index (χ1) is 10.9. The predicted octanol–water partition coefficient (Wildman–Crippen LogP) is 2.52. The van der Waals surface area contributed by atoms with Gasteiger partial charge in [-0.3, -0.25) is 10.1 Å². The van der Waals surface area contributed by atoms with Gasteiger partial charge in [0.05, 0.1) is 4.92 Å². The summed E-state index contributed by atoms with van der Waals surface area (Å²) in [6, 6.07) is 10.5. The molecule has 0 amide bonds. The molecule has 0 heterocycles. The molecule has 0 saturated heterocycles. The van der Waals surface area contributed by atoms with Crippen molar-refractivity contribution in [1.82, 2.24) is 0 Å². The number of rotatable bonds is 7. The van der Waals surface area contributed by atoms with Gasteiger partial charge in [-0.25, -0.2) is 4.39 Å². The van der Waals surface area contributed by atoms with Crippen LogP contribution >= 0.6 is 0 Å². The van der Waals surface area contributed by atoms with E-state index in [1.165, 1.54) is 12.1 Å². The van der Waals surface area contributed by atoms with Crippen LogP contribution in [0.5, 0.6) is 11.5 Å². The largest absolute Gasteiger partial charge is 0.486 e. The molecule has 0 aliphatic heterocycles. The first-order valence-corrected chi connectivity index (χ1v) is 7.99. The lowest BCUT2D eigenvalue weighted by Crippen LogP contribution is -2.19. The summed E-state index contributed by atoms with van der Waals surface area (Å²) in [6.45, 7) is -0.417. The van der Waals surface area contributed by atoms with E-state index in [4.69, 9.17) is 8.92 Å². The molecule has 122 valence electrons. The lowest BCUT2D eigenvalue weighted by molar-refractivity contribution is -0.385. The predicted molar refractivity (Wildman–Crippen MR) is 79.4 cm³/mol. The van der Waals surface area contributed by atoms with Gasteiger partial charge in [-0.15, -0.1) is 0 Å². The highest BCUT2D eigenvalue weighted by Crippen LogP contribution is 2.27. The van der Waals surface area contributed by atoms with Crippen molar-refractivity contribution in [3.05, 3.63) is 64.5 Å². The smallest absolute Gasteiger partial charge is 0.312 e. The average molecular weight is 341 g/mol. The second-order valence-electron chi connectivity index (χ2n) is 4.38. The van der Waals surface area contributed by atoms with Gasteiger partial charge in [-0.1, -0.05) is 18.2 Å². The molecule has 0 fully saturated rings.